The predicted octanol–water partition coefficient (Wildman–Crippen LogP) is 0.323. The largest absolute Gasteiger partial charge is 0.478 e. The highest BCUT2D eigenvalue weighted by Crippen LogP contribution is 2.09. The number of hydrogen-bond donors (Lipinski definition) is 3. The lowest BCUT2D eigenvalue weighted by atomic mass is 10.2. The zero-order chi connectivity index (χ0) is 12.0. The van der Waals surface area contributed by atoms with E-state index in [-0.39, 0.29) is 11.4 Å². The van der Waals surface area contributed by atoms with Crippen LogP contribution in [-0.4, -0.2) is 29.7 Å². The van der Waals surface area contributed by atoms with Crippen molar-refractivity contribution in [3.63, 3.8) is 0 Å². The van der Waals surface area contributed by atoms with Gasteiger partial charge in [0.25, 0.3) is 0 Å². The lowest BCUT2D eigenvalue weighted by Crippen LogP contribution is -2.06. The van der Waals surface area contributed by atoms with Gasteiger partial charge in [0.15, 0.2) is 0 Å². The first-order chi connectivity index (χ1) is 7.65. The van der Waals surface area contributed by atoms with Gasteiger partial charge in [-0.05, 0) is 13.1 Å². The van der Waals surface area contributed by atoms with Crippen molar-refractivity contribution in [1.82, 2.24) is 10.3 Å². The molecule has 0 saturated carbocycles. The minimum Gasteiger partial charge on any atom is -0.478 e. The van der Waals surface area contributed by atoms with E-state index in [2.05, 4.69) is 22.1 Å². The standard InChI is InChI=1S/C11H13N3O2/c1-13-5-3-2-4-8-6-9(11(15)16)7-14-10(8)12/h6-7,13H,3,5H2,1H3,(H2,12,14)(H,15,16). The van der Waals surface area contributed by atoms with E-state index >= 15 is 0 Å². The summed E-state index contributed by atoms with van der Waals surface area (Å²) in [5.74, 6) is 4.90. The molecular weight excluding hydrogens is 206 g/mol. The SMILES string of the molecule is CNCCC#Cc1cc(C(=O)O)cnc1N. The summed E-state index contributed by atoms with van der Waals surface area (Å²) in [6.45, 7) is 0.777. The van der Waals surface area contributed by atoms with E-state index in [9.17, 15) is 4.79 Å². The Labute approximate surface area is 93.7 Å². The minimum atomic E-state index is -1.04. The fourth-order valence-corrected chi connectivity index (χ4v) is 1.04. The third kappa shape index (κ3) is 3.26. The first-order valence-electron chi connectivity index (χ1n) is 4.77. The lowest BCUT2D eigenvalue weighted by Gasteiger charge is -1.98. The molecule has 1 aromatic rings. The second kappa shape index (κ2) is 5.73. The van der Waals surface area contributed by atoms with Crippen LogP contribution >= 0.6 is 0 Å². The van der Waals surface area contributed by atoms with Gasteiger partial charge in [-0.15, -0.1) is 0 Å². The molecule has 0 aliphatic rings. The molecule has 0 aromatic carbocycles. The Bertz CT molecular complexity index is 446. The topological polar surface area (TPSA) is 88.2 Å². The number of carboxylic acid groups (broad SMARTS) is 1. The van der Waals surface area contributed by atoms with E-state index < -0.39 is 5.97 Å². The Kier molecular flexibility index (Phi) is 4.30. The first-order valence-corrected chi connectivity index (χ1v) is 4.77. The maximum absolute atomic E-state index is 10.7. The second-order valence-electron chi connectivity index (χ2n) is 3.12. The molecule has 0 atom stereocenters. The number of nitrogens with zero attached hydrogens (tertiary/aromatic N) is 1. The van der Waals surface area contributed by atoms with Gasteiger partial charge in [-0.2, -0.15) is 0 Å². The first kappa shape index (κ1) is 12.0. The van der Waals surface area contributed by atoms with Crippen molar-refractivity contribution in [2.75, 3.05) is 19.3 Å². The molecule has 0 bridgehead atoms. The van der Waals surface area contributed by atoms with Crippen molar-refractivity contribution in [3.05, 3.63) is 23.4 Å². The summed E-state index contributed by atoms with van der Waals surface area (Å²) in [5.41, 5.74) is 6.13. The van der Waals surface area contributed by atoms with E-state index in [1.807, 2.05) is 7.05 Å². The van der Waals surface area contributed by atoms with Gasteiger partial charge >= 0.3 is 5.97 Å². The van der Waals surface area contributed by atoms with Crippen molar-refractivity contribution >= 4 is 11.8 Å². The van der Waals surface area contributed by atoms with Crippen molar-refractivity contribution in [3.8, 4) is 11.8 Å². The molecule has 0 fully saturated rings. The smallest absolute Gasteiger partial charge is 0.337 e. The molecule has 1 heterocycles. The van der Waals surface area contributed by atoms with Crippen molar-refractivity contribution in [2.24, 2.45) is 0 Å². The molecule has 16 heavy (non-hydrogen) atoms. The van der Waals surface area contributed by atoms with E-state index in [1.54, 1.807) is 0 Å². The van der Waals surface area contributed by atoms with Crippen molar-refractivity contribution < 1.29 is 9.90 Å². The molecule has 0 unspecified atom stereocenters. The van der Waals surface area contributed by atoms with Crippen LogP contribution in [0.1, 0.15) is 22.3 Å². The van der Waals surface area contributed by atoms with Gasteiger partial charge in [-0.3, -0.25) is 0 Å². The molecule has 0 aliphatic carbocycles. The zero-order valence-electron chi connectivity index (χ0n) is 8.95. The minimum absolute atomic E-state index is 0.0899. The number of anilines is 1. The molecule has 0 saturated heterocycles. The number of nitrogen functional groups attached to an aromatic ring is 1. The number of aromatic carboxylic acids is 1. The van der Waals surface area contributed by atoms with Gasteiger partial charge in [0, 0.05) is 19.2 Å². The highest BCUT2D eigenvalue weighted by atomic mass is 16.4. The quantitative estimate of drug-likeness (QED) is 0.503. The van der Waals surface area contributed by atoms with Crippen molar-refractivity contribution in [2.45, 2.75) is 6.42 Å². The van der Waals surface area contributed by atoms with E-state index in [0.717, 1.165) is 6.54 Å². The summed E-state index contributed by atoms with van der Waals surface area (Å²) >= 11 is 0. The molecule has 5 nitrogen and oxygen atoms in total. The summed E-state index contributed by atoms with van der Waals surface area (Å²) in [6.07, 6.45) is 1.89. The molecular formula is C11H13N3O2. The molecule has 1 aromatic heterocycles. The summed E-state index contributed by atoms with van der Waals surface area (Å²) in [4.78, 5) is 14.5. The average molecular weight is 219 g/mol. The Balaban J connectivity index is 2.88. The number of aromatic nitrogens is 1. The number of rotatable bonds is 3. The Morgan fingerprint density at radius 1 is 1.69 bits per heavy atom. The highest BCUT2D eigenvalue weighted by molar-refractivity contribution is 5.88. The molecule has 84 valence electrons. The number of hydrogen-bond acceptors (Lipinski definition) is 4. The number of pyridine rings is 1. The normalized spacial score (nSPS) is 9.31. The van der Waals surface area contributed by atoms with Crippen LogP contribution < -0.4 is 11.1 Å². The predicted molar refractivity (Wildman–Crippen MR) is 61.0 cm³/mol. The van der Waals surface area contributed by atoms with Gasteiger partial charge in [-0.1, -0.05) is 11.8 Å². The third-order valence-electron chi connectivity index (χ3n) is 1.89. The fourth-order valence-electron chi connectivity index (χ4n) is 1.04. The van der Waals surface area contributed by atoms with E-state index in [0.29, 0.717) is 12.0 Å². The molecule has 4 N–H and O–H groups in total. The maximum atomic E-state index is 10.7. The van der Waals surface area contributed by atoms with Gasteiger partial charge in [0.05, 0.1) is 11.1 Å². The van der Waals surface area contributed by atoms with Crippen LogP contribution in [0.4, 0.5) is 5.82 Å². The van der Waals surface area contributed by atoms with Crippen LogP contribution in [0, 0.1) is 11.8 Å². The fraction of sp³-hybridized carbons (Fsp3) is 0.273. The van der Waals surface area contributed by atoms with Gasteiger partial charge < -0.3 is 16.2 Å². The Morgan fingerprint density at radius 3 is 3.06 bits per heavy atom. The molecule has 0 aliphatic heterocycles. The summed E-state index contributed by atoms with van der Waals surface area (Å²) in [5, 5.41) is 11.7. The highest BCUT2D eigenvalue weighted by Gasteiger charge is 2.05. The lowest BCUT2D eigenvalue weighted by molar-refractivity contribution is 0.0696. The number of nitrogens with two attached hydrogens (primary N) is 1. The van der Waals surface area contributed by atoms with Crippen LogP contribution in [0.2, 0.25) is 0 Å². The van der Waals surface area contributed by atoms with Crippen molar-refractivity contribution in [1.29, 1.82) is 0 Å². The van der Waals surface area contributed by atoms with Crippen LogP contribution in [0.15, 0.2) is 12.3 Å². The summed E-state index contributed by atoms with van der Waals surface area (Å²) in [7, 11) is 1.84. The van der Waals surface area contributed by atoms with Crippen LogP contribution in [0.5, 0.6) is 0 Å². The molecule has 1 rings (SSSR count). The maximum Gasteiger partial charge on any atom is 0.337 e. The number of nitrogens with one attached hydrogen (secondary N) is 1. The van der Waals surface area contributed by atoms with E-state index in [1.165, 1.54) is 12.3 Å². The number of carbonyl (C=O) groups is 1. The van der Waals surface area contributed by atoms with Gasteiger partial charge in [-0.25, -0.2) is 9.78 Å². The monoisotopic (exact) mass is 219 g/mol. The molecule has 5 heteroatoms. The average Bonchev–Trinajstić information content (AvgIpc) is 2.26. The zero-order valence-corrected chi connectivity index (χ0v) is 8.95. The third-order valence-corrected chi connectivity index (χ3v) is 1.89. The number of carboxylic acids is 1. The molecule has 0 radical (unpaired) electrons. The van der Waals surface area contributed by atoms with Gasteiger partial charge in [0.2, 0.25) is 0 Å². The summed E-state index contributed by atoms with van der Waals surface area (Å²) in [6, 6.07) is 1.43. The van der Waals surface area contributed by atoms with E-state index in [4.69, 9.17) is 10.8 Å². The van der Waals surface area contributed by atoms with Crippen LogP contribution in [0.3, 0.4) is 0 Å². The second-order valence-corrected chi connectivity index (χ2v) is 3.12. The van der Waals surface area contributed by atoms with Gasteiger partial charge in [0.1, 0.15) is 5.82 Å². The summed E-state index contributed by atoms with van der Waals surface area (Å²) < 4.78 is 0. The Morgan fingerprint density at radius 2 is 2.44 bits per heavy atom. The van der Waals surface area contributed by atoms with Crippen LogP contribution in [-0.2, 0) is 0 Å². The van der Waals surface area contributed by atoms with Crippen LogP contribution in [0.25, 0.3) is 0 Å². The molecule has 0 amide bonds. The Hall–Kier alpha value is -2.06. The molecule has 0 spiro atoms.